The van der Waals surface area contributed by atoms with Crippen molar-refractivity contribution in [2.45, 2.75) is 13.5 Å². The molecular formula is C16H12ClNO3. The van der Waals surface area contributed by atoms with Gasteiger partial charge < -0.3 is 4.42 Å². The van der Waals surface area contributed by atoms with Crippen LogP contribution < -0.4 is 5.76 Å². The fourth-order valence-corrected chi connectivity index (χ4v) is 2.40. The molecule has 106 valence electrons. The molecule has 0 aliphatic heterocycles. The Morgan fingerprint density at radius 3 is 2.48 bits per heavy atom. The second-order valence-electron chi connectivity index (χ2n) is 4.63. The molecule has 0 saturated heterocycles. The van der Waals surface area contributed by atoms with Crippen molar-refractivity contribution in [3.63, 3.8) is 0 Å². The Kier molecular flexibility index (Phi) is 3.39. The SMILES string of the molecule is CCn1c(=O)oc2cc(C(=O)c3ccc(Cl)cc3)ccc21. The summed E-state index contributed by atoms with van der Waals surface area (Å²) in [5.74, 6) is -0.552. The van der Waals surface area contributed by atoms with Crippen LogP contribution in [0.3, 0.4) is 0 Å². The Hall–Kier alpha value is -2.33. The average Bonchev–Trinajstić information content (AvgIpc) is 2.81. The summed E-state index contributed by atoms with van der Waals surface area (Å²) in [6.07, 6.45) is 0. The highest BCUT2D eigenvalue weighted by atomic mass is 35.5. The number of halogens is 1. The number of aryl methyl sites for hydroxylation is 1. The molecule has 0 N–H and O–H groups in total. The molecule has 0 unspecified atom stereocenters. The summed E-state index contributed by atoms with van der Waals surface area (Å²) in [4.78, 5) is 24.0. The van der Waals surface area contributed by atoms with Gasteiger partial charge >= 0.3 is 5.76 Å². The van der Waals surface area contributed by atoms with Crippen LogP contribution in [0.1, 0.15) is 22.8 Å². The van der Waals surface area contributed by atoms with E-state index in [1.165, 1.54) is 4.57 Å². The molecule has 0 saturated carbocycles. The molecule has 0 spiro atoms. The van der Waals surface area contributed by atoms with E-state index in [1.54, 1.807) is 42.5 Å². The number of benzene rings is 2. The minimum Gasteiger partial charge on any atom is -0.408 e. The second-order valence-corrected chi connectivity index (χ2v) is 5.07. The molecule has 2 aromatic carbocycles. The van der Waals surface area contributed by atoms with Gasteiger partial charge in [0.25, 0.3) is 0 Å². The van der Waals surface area contributed by atoms with Gasteiger partial charge in [0.2, 0.25) is 0 Å². The molecule has 4 nitrogen and oxygen atoms in total. The zero-order chi connectivity index (χ0) is 15.0. The minimum atomic E-state index is -0.413. The summed E-state index contributed by atoms with van der Waals surface area (Å²) in [7, 11) is 0. The molecule has 3 rings (SSSR count). The highest BCUT2D eigenvalue weighted by Gasteiger charge is 2.13. The van der Waals surface area contributed by atoms with Gasteiger partial charge in [0.1, 0.15) is 0 Å². The third-order valence-corrected chi connectivity index (χ3v) is 3.61. The van der Waals surface area contributed by atoms with E-state index in [0.717, 1.165) is 0 Å². The number of carbonyl (C=O) groups excluding carboxylic acids is 1. The van der Waals surface area contributed by atoms with Gasteiger partial charge in [-0.3, -0.25) is 9.36 Å². The Morgan fingerprint density at radius 1 is 1.14 bits per heavy atom. The van der Waals surface area contributed by atoms with Gasteiger partial charge in [-0.2, -0.15) is 0 Å². The first kappa shape index (κ1) is 13.6. The molecular weight excluding hydrogens is 290 g/mol. The van der Waals surface area contributed by atoms with Crippen molar-refractivity contribution in [2.24, 2.45) is 0 Å². The van der Waals surface area contributed by atoms with Crippen LogP contribution in [0.5, 0.6) is 0 Å². The van der Waals surface area contributed by atoms with Crippen molar-refractivity contribution in [1.29, 1.82) is 0 Å². The molecule has 0 radical (unpaired) electrons. The predicted octanol–water partition coefficient (Wildman–Crippen LogP) is 3.50. The first-order valence-corrected chi connectivity index (χ1v) is 6.91. The molecule has 0 atom stereocenters. The summed E-state index contributed by atoms with van der Waals surface area (Å²) in [5.41, 5.74) is 2.12. The normalized spacial score (nSPS) is 11.0. The lowest BCUT2D eigenvalue weighted by Gasteiger charge is -2.02. The standard InChI is InChI=1S/C16H12ClNO3/c1-2-18-13-8-5-11(9-14(13)21-16(18)20)15(19)10-3-6-12(17)7-4-10/h3-9H,2H2,1H3. The number of aromatic nitrogens is 1. The maximum absolute atomic E-state index is 12.4. The summed E-state index contributed by atoms with van der Waals surface area (Å²) >= 11 is 5.81. The van der Waals surface area contributed by atoms with Gasteiger partial charge in [-0.25, -0.2) is 4.79 Å². The van der Waals surface area contributed by atoms with Crippen LogP contribution in [-0.4, -0.2) is 10.4 Å². The first-order valence-electron chi connectivity index (χ1n) is 6.54. The molecule has 1 heterocycles. The highest BCUT2D eigenvalue weighted by Crippen LogP contribution is 2.19. The van der Waals surface area contributed by atoms with Crippen molar-refractivity contribution >= 4 is 28.5 Å². The topological polar surface area (TPSA) is 52.2 Å². The van der Waals surface area contributed by atoms with E-state index in [2.05, 4.69) is 0 Å². The summed E-state index contributed by atoms with van der Waals surface area (Å²) in [5, 5.41) is 0.577. The highest BCUT2D eigenvalue weighted by molar-refractivity contribution is 6.30. The lowest BCUT2D eigenvalue weighted by molar-refractivity contribution is 0.103. The van der Waals surface area contributed by atoms with Crippen LogP contribution in [0, 0.1) is 0 Å². The van der Waals surface area contributed by atoms with Crippen molar-refractivity contribution in [2.75, 3.05) is 0 Å². The number of hydrogen-bond acceptors (Lipinski definition) is 3. The van der Waals surface area contributed by atoms with Gasteiger partial charge in [0.15, 0.2) is 11.4 Å². The van der Waals surface area contributed by atoms with E-state index in [1.807, 2.05) is 6.92 Å². The fraction of sp³-hybridized carbons (Fsp3) is 0.125. The molecule has 3 aromatic rings. The van der Waals surface area contributed by atoms with Crippen LogP contribution >= 0.6 is 11.6 Å². The molecule has 21 heavy (non-hydrogen) atoms. The summed E-state index contributed by atoms with van der Waals surface area (Å²) in [6.45, 7) is 2.39. The third-order valence-electron chi connectivity index (χ3n) is 3.35. The number of rotatable bonds is 3. The smallest absolute Gasteiger partial charge is 0.408 e. The molecule has 1 aromatic heterocycles. The Balaban J connectivity index is 2.07. The molecule has 0 aliphatic rings. The minimum absolute atomic E-state index is 0.138. The molecule has 0 fully saturated rings. The van der Waals surface area contributed by atoms with E-state index in [-0.39, 0.29) is 5.78 Å². The molecule has 5 heteroatoms. The number of oxazole rings is 1. The zero-order valence-corrected chi connectivity index (χ0v) is 12.1. The van der Waals surface area contributed by atoms with Gasteiger partial charge in [-0.05, 0) is 49.4 Å². The quantitative estimate of drug-likeness (QED) is 0.696. The maximum Gasteiger partial charge on any atom is 0.419 e. The number of carbonyl (C=O) groups is 1. The second kappa shape index (κ2) is 5.22. The predicted molar refractivity (Wildman–Crippen MR) is 81.0 cm³/mol. The lowest BCUT2D eigenvalue weighted by atomic mass is 10.0. The van der Waals surface area contributed by atoms with Gasteiger partial charge in [0.05, 0.1) is 5.52 Å². The number of nitrogens with zero attached hydrogens (tertiary/aromatic N) is 1. The maximum atomic E-state index is 12.4. The third kappa shape index (κ3) is 2.38. The van der Waals surface area contributed by atoms with Crippen LogP contribution in [0.4, 0.5) is 0 Å². The van der Waals surface area contributed by atoms with Gasteiger partial charge in [-0.1, -0.05) is 11.6 Å². The molecule has 0 aliphatic carbocycles. The summed E-state index contributed by atoms with van der Waals surface area (Å²) < 4.78 is 6.69. The van der Waals surface area contributed by atoms with E-state index in [0.29, 0.717) is 33.8 Å². The Morgan fingerprint density at radius 2 is 1.81 bits per heavy atom. The van der Waals surface area contributed by atoms with Crippen molar-refractivity contribution in [1.82, 2.24) is 4.57 Å². The first-order chi connectivity index (χ1) is 10.1. The molecule has 0 bridgehead atoms. The Labute approximate surface area is 125 Å². The van der Waals surface area contributed by atoms with Gasteiger partial charge in [0, 0.05) is 22.7 Å². The van der Waals surface area contributed by atoms with Crippen molar-refractivity contribution < 1.29 is 9.21 Å². The van der Waals surface area contributed by atoms with E-state index < -0.39 is 5.76 Å². The van der Waals surface area contributed by atoms with Gasteiger partial charge in [-0.15, -0.1) is 0 Å². The monoisotopic (exact) mass is 301 g/mol. The van der Waals surface area contributed by atoms with E-state index in [4.69, 9.17) is 16.0 Å². The van der Waals surface area contributed by atoms with Crippen molar-refractivity contribution in [3.8, 4) is 0 Å². The zero-order valence-electron chi connectivity index (χ0n) is 11.3. The van der Waals surface area contributed by atoms with Crippen LogP contribution in [-0.2, 0) is 6.54 Å². The lowest BCUT2D eigenvalue weighted by Crippen LogP contribution is -2.11. The van der Waals surface area contributed by atoms with Crippen LogP contribution in [0.2, 0.25) is 5.02 Å². The number of fused-ring (bicyclic) bond motifs is 1. The van der Waals surface area contributed by atoms with Crippen LogP contribution in [0.15, 0.2) is 51.7 Å². The van der Waals surface area contributed by atoms with Crippen molar-refractivity contribution in [3.05, 3.63) is 69.2 Å². The summed E-state index contributed by atoms with van der Waals surface area (Å²) in [6, 6.07) is 11.7. The van der Waals surface area contributed by atoms with Crippen LogP contribution in [0.25, 0.3) is 11.1 Å². The fourth-order valence-electron chi connectivity index (χ4n) is 2.27. The Bertz CT molecular complexity index is 875. The molecule has 0 amide bonds. The largest absolute Gasteiger partial charge is 0.419 e. The van der Waals surface area contributed by atoms with E-state index in [9.17, 15) is 9.59 Å². The average molecular weight is 302 g/mol. The van der Waals surface area contributed by atoms with E-state index >= 15 is 0 Å². The number of hydrogen-bond donors (Lipinski definition) is 0. The number of ketones is 1.